The van der Waals surface area contributed by atoms with Crippen LogP contribution in [0.5, 0.6) is 0 Å². The Morgan fingerprint density at radius 1 is 1.33 bits per heavy atom. The van der Waals surface area contributed by atoms with E-state index in [-0.39, 0.29) is 6.10 Å². The molecule has 0 aromatic heterocycles. The molecule has 1 unspecified atom stereocenters. The van der Waals surface area contributed by atoms with E-state index in [0.29, 0.717) is 0 Å². The van der Waals surface area contributed by atoms with Crippen LogP contribution in [0.1, 0.15) is 26.2 Å². The summed E-state index contributed by atoms with van der Waals surface area (Å²) in [6, 6.07) is 0. The number of allylic oxidation sites excluding steroid dienone is 5. The van der Waals surface area contributed by atoms with Gasteiger partial charge in [-0.1, -0.05) is 6.08 Å². The van der Waals surface area contributed by atoms with E-state index in [9.17, 15) is 0 Å². The molecule has 0 aromatic carbocycles. The Labute approximate surface area is 112 Å². The second-order valence-electron chi connectivity index (χ2n) is 9.29. The van der Waals surface area contributed by atoms with Gasteiger partial charge >= 0.3 is 68.7 Å². The number of aliphatic hydroxyl groups excluding tert-OH is 1. The Balaban J connectivity index is 0.000000360. The topological polar surface area (TPSA) is 20.2 Å². The van der Waals surface area contributed by atoms with Crippen LogP contribution in [0.25, 0.3) is 0 Å². The second kappa shape index (κ2) is 5.49. The monoisotopic (exact) mass is 288 g/mol. The molecule has 0 bridgehead atoms. The molecule has 0 heterocycles. The minimum atomic E-state index is -2.61. The predicted octanol–water partition coefficient (Wildman–Crippen LogP) is 5.63. The van der Waals surface area contributed by atoms with Crippen molar-refractivity contribution in [2.24, 2.45) is 0 Å². The predicted molar refractivity (Wildman–Crippen MR) is 82.3 cm³/mol. The molecule has 1 nitrogen and oxygen atoms in total. The summed E-state index contributed by atoms with van der Waals surface area (Å²) in [6.45, 7) is 5.30. The van der Waals surface area contributed by atoms with E-state index in [4.69, 9.17) is 5.11 Å². The molecule has 1 N–H and O–H groups in total. The first-order valence-corrected chi connectivity index (χ1v) is 15.6. The van der Waals surface area contributed by atoms with E-state index in [1.807, 2.05) is 6.08 Å². The normalized spacial score (nSPS) is 20.1. The van der Waals surface area contributed by atoms with E-state index in [0.717, 1.165) is 12.8 Å². The van der Waals surface area contributed by atoms with E-state index >= 15 is 0 Å². The molecule has 0 saturated heterocycles. The number of rotatable bonds is 4. The third-order valence-electron chi connectivity index (χ3n) is 3.17. The van der Waals surface area contributed by atoms with Gasteiger partial charge < -0.3 is 5.11 Å². The maximum atomic E-state index is 8.64. The van der Waals surface area contributed by atoms with Gasteiger partial charge in [0.1, 0.15) is 0 Å². The van der Waals surface area contributed by atoms with Crippen LogP contribution in [0.15, 0.2) is 34.8 Å². The molecule has 0 fully saturated rings. The molecule has 0 amide bonds. The zero-order valence-electron chi connectivity index (χ0n) is 13.2. The maximum absolute atomic E-state index is 8.64. The van der Waals surface area contributed by atoms with Gasteiger partial charge in [0.15, 0.2) is 0 Å². The zero-order valence-corrected chi connectivity index (χ0v) is 14.7. The molecule has 0 saturated carbocycles. The number of hydrogen-bond acceptors (Lipinski definition) is 1. The quantitative estimate of drug-likeness (QED) is 0.525. The Kier molecular flexibility index (Phi) is 5.45. The summed E-state index contributed by atoms with van der Waals surface area (Å²) < 4.78 is 1.70. The molecule has 0 radical (unpaired) electrons. The molecule has 1 atom stereocenters. The molecule has 18 heavy (non-hydrogen) atoms. The van der Waals surface area contributed by atoms with Crippen molar-refractivity contribution in [2.45, 2.75) is 58.4 Å². The van der Waals surface area contributed by atoms with Gasteiger partial charge in [-0.2, -0.15) is 0 Å². The SMILES string of the molecule is C=CCCC(C)O.[CH3][Ti]([CH3])([CH3])([CH3])([CH3])[C]1=CC=CC1. The first-order valence-electron chi connectivity index (χ1n) is 7.03. The zero-order chi connectivity index (χ0) is 14.5. The molecule has 106 valence electrons. The van der Waals surface area contributed by atoms with Crippen LogP contribution in [0, 0.1) is 0 Å². The Morgan fingerprint density at radius 2 is 1.89 bits per heavy atom. The van der Waals surface area contributed by atoms with Crippen LogP contribution in [-0.2, 0) is 14.0 Å². The van der Waals surface area contributed by atoms with Gasteiger partial charge in [-0.05, 0) is 19.8 Å². The molecule has 1 aliphatic rings. The molecular weight excluding hydrogens is 256 g/mol. The average molecular weight is 288 g/mol. The second-order valence-corrected chi connectivity index (χ2v) is 29.8. The van der Waals surface area contributed by atoms with Crippen LogP contribution in [-0.4, -0.2) is 11.2 Å². The Bertz CT molecular complexity index is 338. The van der Waals surface area contributed by atoms with Crippen molar-refractivity contribution in [3.05, 3.63) is 34.8 Å². The van der Waals surface area contributed by atoms with Crippen molar-refractivity contribution in [3.63, 3.8) is 0 Å². The van der Waals surface area contributed by atoms with Crippen LogP contribution in [0.4, 0.5) is 0 Å². The summed E-state index contributed by atoms with van der Waals surface area (Å²) in [5.74, 6) is 0. The van der Waals surface area contributed by atoms with Crippen molar-refractivity contribution >= 4 is 0 Å². The van der Waals surface area contributed by atoms with E-state index in [2.05, 4.69) is 50.9 Å². The third-order valence-corrected chi connectivity index (χ3v) is 8.76. The summed E-state index contributed by atoms with van der Waals surface area (Å²) in [5, 5.41) is 21.1. The fraction of sp³-hybridized carbons (Fsp3) is 0.625. The van der Waals surface area contributed by atoms with Gasteiger partial charge in [-0.3, -0.25) is 0 Å². The summed E-state index contributed by atoms with van der Waals surface area (Å²) in [5.41, 5.74) is 0. The van der Waals surface area contributed by atoms with Crippen molar-refractivity contribution in [1.82, 2.24) is 0 Å². The van der Waals surface area contributed by atoms with Crippen LogP contribution >= 0.6 is 0 Å². The molecule has 0 aliphatic heterocycles. The van der Waals surface area contributed by atoms with Crippen molar-refractivity contribution < 1.29 is 19.1 Å². The summed E-state index contributed by atoms with van der Waals surface area (Å²) in [4.78, 5) is 0. The fourth-order valence-electron chi connectivity index (χ4n) is 1.73. The van der Waals surface area contributed by atoms with E-state index < -0.39 is 14.0 Å². The van der Waals surface area contributed by atoms with Crippen LogP contribution < -0.4 is 0 Å². The molecule has 1 rings (SSSR count). The van der Waals surface area contributed by atoms with Crippen LogP contribution in [0.3, 0.4) is 0 Å². The molecule has 2 heteroatoms. The summed E-state index contributed by atoms with van der Waals surface area (Å²) in [7, 11) is 0. The molecule has 0 aromatic rings. The van der Waals surface area contributed by atoms with Crippen LogP contribution in [0.2, 0.25) is 26.1 Å². The molecule has 1 aliphatic carbocycles. The standard InChI is InChI=1S/C6H12O.C5H5.5CH3.Ti/c1-3-4-5-6(2)7;1-2-4-5-3-1;;;;;;/h3,6-7H,1,4-5H2,2H3;1-3H,4H2;5*1H3;. The van der Waals surface area contributed by atoms with Gasteiger partial charge in [0.2, 0.25) is 0 Å². The van der Waals surface area contributed by atoms with Crippen molar-refractivity contribution in [1.29, 1.82) is 0 Å². The van der Waals surface area contributed by atoms with Gasteiger partial charge in [0.05, 0.1) is 6.10 Å². The van der Waals surface area contributed by atoms with E-state index in [1.54, 1.807) is 10.8 Å². The molecular formula is C16H32OTi. The van der Waals surface area contributed by atoms with Crippen molar-refractivity contribution in [2.75, 3.05) is 0 Å². The van der Waals surface area contributed by atoms with Gasteiger partial charge in [0, 0.05) is 0 Å². The Hall–Kier alpha value is -0.106. The van der Waals surface area contributed by atoms with Gasteiger partial charge in [0.25, 0.3) is 0 Å². The average Bonchev–Trinajstić information content (AvgIpc) is 2.65. The first-order chi connectivity index (χ1) is 7.86. The molecule has 0 spiro atoms. The summed E-state index contributed by atoms with van der Waals surface area (Å²) >= 11 is -2.61. The fourth-order valence-corrected chi connectivity index (χ4v) is 4.96. The van der Waals surface area contributed by atoms with Crippen molar-refractivity contribution in [3.8, 4) is 0 Å². The number of aliphatic hydroxyl groups is 1. The van der Waals surface area contributed by atoms with Gasteiger partial charge in [-0.25, -0.2) is 0 Å². The van der Waals surface area contributed by atoms with E-state index in [1.165, 1.54) is 6.42 Å². The first kappa shape index (κ1) is 17.9. The van der Waals surface area contributed by atoms with Gasteiger partial charge in [-0.15, -0.1) is 6.58 Å². The Morgan fingerprint density at radius 3 is 2.06 bits per heavy atom. The number of hydrogen-bond donors (Lipinski definition) is 1. The summed E-state index contributed by atoms with van der Waals surface area (Å²) in [6.07, 6.45) is 11.4. The minimum absolute atomic E-state index is 0.169. The third kappa shape index (κ3) is 8.08.